The lowest BCUT2D eigenvalue weighted by atomic mass is 10.1. The Morgan fingerprint density at radius 2 is 1.73 bits per heavy atom. The van der Waals surface area contributed by atoms with Gasteiger partial charge in [0.05, 0.1) is 12.6 Å². The van der Waals surface area contributed by atoms with Crippen molar-refractivity contribution in [2.45, 2.75) is 32.9 Å². The third-order valence-corrected chi connectivity index (χ3v) is 4.25. The van der Waals surface area contributed by atoms with Gasteiger partial charge in [-0.15, -0.1) is 0 Å². The molecule has 144 valence electrons. The molecule has 1 aliphatic heterocycles. The van der Waals surface area contributed by atoms with Gasteiger partial charge < -0.3 is 15.5 Å². The fourth-order valence-electron chi connectivity index (χ4n) is 2.89. The first-order valence-electron chi connectivity index (χ1n) is 8.78. The Morgan fingerprint density at radius 1 is 1.08 bits per heavy atom. The molecule has 8 heteroatoms. The van der Waals surface area contributed by atoms with Gasteiger partial charge in [-0.1, -0.05) is 6.07 Å². The molecule has 0 bridgehead atoms. The highest BCUT2D eigenvalue weighted by molar-refractivity contribution is 5.78. The van der Waals surface area contributed by atoms with Crippen LogP contribution >= 0.6 is 0 Å². The van der Waals surface area contributed by atoms with Crippen molar-refractivity contribution in [1.29, 1.82) is 0 Å². The third-order valence-electron chi connectivity index (χ3n) is 4.25. The molecule has 1 atom stereocenters. The van der Waals surface area contributed by atoms with E-state index in [-0.39, 0.29) is 23.5 Å². The number of amides is 3. The van der Waals surface area contributed by atoms with Gasteiger partial charge in [-0.05, 0) is 26.8 Å². The minimum Gasteiger partial charge on any atom is -0.353 e. The number of hydrogen-bond donors (Lipinski definition) is 2. The van der Waals surface area contributed by atoms with Gasteiger partial charge in [0.2, 0.25) is 5.91 Å². The zero-order valence-corrected chi connectivity index (χ0v) is 15.4. The van der Waals surface area contributed by atoms with Gasteiger partial charge >= 0.3 is 6.03 Å². The van der Waals surface area contributed by atoms with Crippen LogP contribution in [0.5, 0.6) is 0 Å². The second-order valence-electron chi connectivity index (χ2n) is 6.82. The number of rotatable bonds is 5. The van der Waals surface area contributed by atoms with E-state index in [1.54, 1.807) is 11.8 Å². The molecule has 2 rings (SSSR count). The van der Waals surface area contributed by atoms with Crippen molar-refractivity contribution in [2.75, 3.05) is 32.7 Å². The van der Waals surface area contributed by atoms with E-state index in [9.17, 15) is 18.4 Å². The summed E-state index contributed by atoms with van der Waals surface area (Å²) >= 11 is 0. The van der Waals surface area contributed by atoms with Gasteiger partial charge in [0.15, 0.2) is 0 Å². The maximum Gasteiger partial charge on any atom is 0.317 e. The summed E-state index contributed by atoms with van der Waals surface area (Å²) in [6.45, 7) is 7.94. The lowest BCUT2D eigenvalue weighted by Gasteiger charge is -2.35. The molecule has 3 amide bonds. The molecule has 1 saturated heterocycles. The number of nitrogens with zero attached hydrogens (tertiary/aromatic N) is 2. The van der Waals surface area contributed by atoms with Crippen molar-refractivity contribution in [2.24, 2.45) is 0 Å². The number of halogens is 2. The summed E-state index contributed by atoms with van der Waals surface area (Å²) in [6.07, 6.45) is 0. The van der Waals surface area contributed by atoms with Gasteiger partial charge in [-0.2, -0.15) is 0 Å². The van der Waals surface area contributed by atoms with E-state index in [1.807, 2.05) is 18.7 Å². The van der Waals surface area contributed by atoms with Crippen LogP contribution in [-0.4, -0.2) is 60.5 Å². The van der Waals surface area contributed by atoms with Crippen molar-refractivity contribution < 1.29 is 18.4 Å². The van der Waals surface area contributed by atoms with Crippen LogP contribution in [0.15, 0.2) is 18.2 Å². The Labute approximate surface area is 152 Å². The van der Waals surface area contributed by atoms with E-state index in [1.165, 1.54) is 12.1 Å². The first-order chi connectivity index (χ1) is 12.3. The summed E-state index contributed by atoms with van der Waals surface area (Å²) in [4.78, 5) is 27.8. The summed E-state index contributed by atoms with van der Waals surface area (Å²) in [7, 11) is 0. The number of urea groups is 1. The normalized spacial score (nSPS) is 16.5. The van der Waals surface area contributed by atoms with E-state index in [4.69, 9.17) is 0 Å². The molecular formula is C18H26F2N4O2. The van der Waals surface area contributed by atoms with Crippen LogP contribution in [0, 0.1) is 11.6 Å². The second kappa shape index (κ2) is 8.93. The monoisotopic (exact) mass is 368 g/mol. The molecular weight excluding hydrogens is 342 g/mol. The van der Waals surface area contributed by atoms with Crippen molar-refractivity contribution in [3.8, 4) is 0 Å². The fourth-order valence-corrected chi connectivity index (χ4v) is 2.89. The Bertz CT molecular complexity index is 646. The highest BCUT2D eigenvalue weighted by Gasteiger charge is 2.24. The first-order valence-corrected chi connectivity index (χ1v) is 8.78. The Hall–Kier alpha value is -2.22. The minimum absolute atomic E-state index is 0.0293. The van der Waals surface area contributed by atoms with E-state index in [0.29, 0.717) is 32.7 Å². The maximum absolute atomic E-state index is 13.8. The van der Waals surface area contributed by atoms with Crippen LogP contribution in [0.4, 0.5) is 13.6 Å². The smallest absolute Gasteiger partial charge is 0.317 e. The Kier molecular flexibility index (Phi) is 6.90. The number of carbonyl (C=O) groups excluding carboxylic acids is 2. The van der Waals surface area contributed by atoms with Gasteiger partial charge in [-0.3, -0.25) is 9.69 Å². The second-order valence-corrected chi connectivity index (χ2v) is 6.82. The Morgan fingerprint density at radius 3 is 2.31 bits per heavy atom. The molecule has 1 aliphatic rings. The maximum atomic E-state index is 13.8. The number of benzene rings is 1. The van der Waals surface area contributed by atoms with Crippen molar-refractivity contribution >= 4 is 11.9 Å². The molecule has 0 aliphatic carbocycles. The summed E-state index contributed by atoms with van der Waals surface area (Å²) in [5, 5.41) is 5.58. The molecule has 6 nitrogen and oxygen atoms in total. The molecule has 1 aromatic rings. The summed E-state index contributed by atoms with van der Waals surface area (Å²) in [6, 6.07) is 2.54. The molecule has 2 N–H and O–H groups in total. The predicted molar refractivity (Wildman–Crippen MR) is 94.6 cm³/mol. The van der Waals surface area contributed by atoms with Crippen LogP contribution < -0.4 is 10.6 Å². The summed E-state index contributed by atoms with van der Waals surface area (Å²) in [5.41, 5.74) is 0.240. The van der Waals surface area contributed by atoms with Crippen LogP contribution in [0.1, 0.15) is 32.4 Å². The van der Waals surface area contributed by atoms with Crippen LogP contribution in [-0.2, 0) is 4.79 Å². The zero-order chi connectivity index (χ0) is 19.3. The van der Waals surface area contributed by atoms with Crippen molar-refractivity contribution in [1.82, 2.24) is 20.4 Å². The van der Waals surface area contributed by atoms with Gasteiger partial charge in [0.1, 0.15) is 11.6 Å². The summed E-state index contributed by atoms with van der Waals surface area (Å²) in [5.74, 6) is -1.36. The molecule has 1 heterocycles. The SMILES string of the molecule is CC(C)NC(=O)CN1CCN(C(=O)NC(C)c2ccc(F)cc2F)CC1. The fraction of sp³-hybridized carbons (Fsp3) is 0.556. The number of hydrogen-bond acceptors (Lipinski definition) is 3. The van der Waals surface area contributed by atoms with Gasteiger partial charge in [-0.25, -0.2) is 13.6 Å². The van der Waals surface area contributed by atoms with Gasteiger partial charge in [0, 0.05) is 43.9 Å². The molecule has 26 heavy (non-hydrogen) atoms. The predicted octanol–water partition coefficient (Wildman–Crippen LogP) is 1.88. The van der Waals surface area contributed by atoms with E-state index in [0.717, 1.165) is 6.07 Å². The number of piperazine rings is 1. The highest BCUT2D eigenvalue weighted by Crippen LogP contribution is 2.18. The molecule has 0 radical (unpaired) electrons. The molecule has 0 aromatic heterocycles. The van der Waals surface area contributed by atoms with Crippen molar-refractivity contribution in [3.05, 3.63) is 35.4 Å². The van der Waals surface area contributed by atoms with E-state index in [2.05, 4.69) is 10.6 Å². The van der Waals surface area contributed by atoms with E-state index >= 15 is 0 Å². The first kappa shape index (κ1) is 20.1. The zero-order valence-electron chi connectivity index (χ0n) is 15.4. The number of carbonyl (C=O) groups is 2. The summed E-state index contributed by atoms with van der Waals surface area (Å²) < 4.78 is 26.8. The van der Waals surface area contributed by atoms with Gasteiger partial charge in [0.25, 0.3) is 0 Å². The van der Waals surface area contributed by atoms with E-state index < -0.39 is 17.7 Å². The molecule has 1 aromatic carbocycles. The average Bonchev–Trinajstić information content (AvgIpc) is 2.54. The third kappa shape index (κ3) is 5.66. The Balaban J connectivity index is 1.81. The average molecular weight is 368 g/mol. The van der Waals surface area contributed by atoms with Crippen LogP contribution in [0.25, 0.3) is 0 Å². The standard InChI is InChI=1S/C18H26F2N4O2/c1-12(2)21-17(25)11-23-6-8-24(9-7-23)18(26)22-13(3)15-5-4-14(19)10-16(15)20/h4-5,10,12-13H,6-9,11H2,1-3H3,(H,21,25)(H,22,26). The largest absolute Gasteiger partial charge is 0.353 e. The minimum atomic E-state index is -0.682. The highest BCUT2D eigenvalue weighted by atomic mass is 19.1. The lowest BCUT2D eigenvalue weighted by Crippen LogP contribution is -2.54. The molecule has 0 spiro atoms. The lowest BCUT2D eigenvalue weighted by molar-refractivity contribution is -0.123. The number of nitrogens with one attached hydrogen (secondary N) is 2. The molecule has 1 unspecified atom stereocenters. The van der Waals surface area contributed by atoms with Crippen LogP contribution in [0.2, 0.25) is 0 Å². The quantitative estimate of drug-likeness (QED) is 0.834. The topological polar surface area (TPSA) is 64.7 Å². The van der Waals surface area contributed by atoms with Crippen molar-refractivity contribution in [3.63, 3.8) is 0 Å². The van der Waals surface area contributed by atoms with Crippen LogP contribution in [0.3, 0.4) is 0 Å². The molecule has 1 fully saturated rings. The molecule has 0 saturated carbocycles.